The van der Waals surface area contributed by atoms with Gasteiger partial charge in [0.15, 0.2) is 11.0 Å². The second-order valence-corrected chi connectivity index (χ2v) is 7.82. The molecular weight excluding hydrogens is 382 g/mol. The molecule has 1 aromatic carbocycles. The van der Waals surface area contributed by atoms with Crippen molar-refractivity contribution in [3.63, 3.8) is 0 Å². The van der Waals surface area contributed by atoms with Gasteiger partial charge in [-0.15, -0.1) is 10.2 Å². The van der Waals surface area contributed by atoms with Gasteiger partial charge in [-0.3, -0.25) is 14.3 Å². The highest BCUT2D eigenvalue weighted by Crippen LogP contribution is 2.40. The molecule has 2 aromatic heterocycles. The minimum atomic E-state index is -0.0845. The first-order chi connectivity index (χ1) is 13.1. The summed E-state index contributed by atoms with van der Waals surface area (Å²) in [6, 6.07) is 9.67. The molecule has 2 heterocycles. The maximum atomic E-state index is 12.4. The first-order valence-electron chi connectivity index (χ1n) is 8.66. The molecule has 0 radical (unpaired) electrons. The second kappa shape index (κ2) is 7.70. The molecule has 0 atom stereocenters. The van der Waals surface area contributed by atoms with Gasteiger partial charge < -0.3 is 5.32 Å². The molecule has 0 spiro atoms. The second-order valence-electron chi connectivity index (χ2n) is 6.45. The van der Waals surface area contributed by atoms with Crippen LogP contribution in [0.3, 0.4) is 0 Å². The number of halogens is 1. The number of hydrogen-bond acceptors (Lipinski definition) is 5. The fourth-order valence-corrected chi connectivity index (χ4v) is 3.85. The lowest BCUT2D eigenvalue weighted by Crippen LogP contribution is -2.15. The molecule has 0 aliphatic heterocycles. The number of benzene rings is 1. The van der Waals surface area contributed by atoms with Crippen LogP contribution in [0.5, 0.6) is 0 Å². The van der Waals surface area contributed by atoms with Crippen molar-refractivity contribution in [3.8, 4) is 11.4 Å². The average Bonchev–Trinajstić information content (AvgIpc) is 3.42. The number of amides is 1. The molecule has 138 valence electrons. The Hall–Kier alpha value is -2.38. The lowest BCUT2D eigenvalue weighted by molar-refractivity contribution is -0.113. The lowest BCUT2D eigenvalue weighted by atomic mass is 10.2. The third-order valence-electron chi connectivity index (χ3n) is 4.29. The minimum absolute atomic E-state index is 0.0845. The van der Waals surface area contributed by atoms with Crippen molar-refractivity contribution >= 4 is 35.0 Å². The summed E-state index contributed by atoms with van der Waals surface area (Å²) in [6.07, 6.45) is 5.73. The third kappa shape index (κ3) is 4.14. The van der Waals surface area contributed by atoms with Crippen LogP contribution in [0.15, 0.2) is 47.9 Å². The number of anilines is 1. The lowest BCUT2D eigenvalue weighted by Gasteiger charge is -2.10. The Morgan fingerprint density at radius 3 is 2.89 bits per heavy atom. The van der Waals surface area contributed by atoms with E-state index in [0.29, 0.717) is 11.1 Å². The van der Waals surface area contributed by atoms with E-state index >= 15 is 0 Å². The smallest absolute Gasteiger partial charge is 0.234 e. The quantitative estimate of drug-likeness (QED) is 0.623. The van der Waals surface area contributed by atoms with Gasteiger partial charge in [-0.1, -0.05) is 23.4 Å². The summed E-state index contributed by atoms with van der Waals surface area (Å²) in [5.74, 6) is 0.987. The number of nitrogens with zero attached hydrogens (tertiary/aromatic N) is 4. The minimum Gasteiger partial charge on any atom is -0.325 e. The number of carbonyl (C=O) groups excluding carboxylic acids is 1. The number of nitrogens with one attached hydrogen (secondary N) is 1. The van der Waals surface area contributed by atoms with Crippen LogP contribution >= 0.6 is 23.4 Å². The van der Waals surface area contributed by atoms with E-state index in [1.807, 2.05) is 31.2 Å². The average molecular weight is 400 g/mol. The molecule has 1 fully saturated rings. The first-order valence-corrected chi connectivity index (χ1v) is 10.0. The topological polar surface area (TPSA) is 72.7 Å². The maximum absolute atomic E-state index is 12.4. The van der Waals surface area contributed by atoms with Crippen LogP contribution in [0, 0.1) is 6.92 Å². The van der Waals surface area contributed by atoms with Gasteiger partial charge in [0, 0.05) is 34.7 Å². The summed E-state index contributed by atoms with van der Waals surface area (Å²) >= 11 is 7.36. The number of rotatable bonds is 6. The SMILES string of the molecule is Cc1cc(Cl)ccc1NC(=O)CSc1nnc(-c2cccnc2)n1C1CC1. The van der Waals surface area contributed by atoms with Crippen LogP contribution < -0.4 is 5.32 Å². The molecule has 27 heavy (non-hydrogen) atoms. The first kappa shape index (κ1) is 18.0. The van der Waals surface area contributed by atoms with Crippen LogP contribution in [-0.2, 0) is 4.79 Å². The Morgan fingerprint density at radius 1 is 1.33 bits per heavy atom. The number of aromatic nitrogens is 4. The van der Waals surface area contributed by atoms with Crippen molar-refractivity contribution in [2.75, 3.05) is 11.1 Å². The number of hydrogen-bond donors (Lipinski definition) is 1. The molecule has 8 heteroatoms. The summed E-state index contributed by atoms with van der Waals surface area (Å²) < 4.78 is 2.13. The summed E-state index contributed by atoms with van der Waals surface area (Å²) in [7, 11) is 0. The van der Waals surface area contributed by atoms with E-state index in [2.05, 4.69) is 25.1 Å². The van der Waals surface area contributed by atoms with E-state index in [0.717, 1.165) is 40.6 Å². The van der Waals surface area contributed by atoms with Crippen LogP contribution in [0.25, 0.3) is 11.4 Å². The number of thioether (sulfide) groups is 1. The van der Waals surface area contributed by atoms with Crippen molar-refractivity contribution < 1.29 is 4.79 Å². The highest BCUT2D eigenvalue weighted by molar-refractivity contribution is 7.99. The molecule has 0 saturated heterocycles. The van der Waals surface area contributed by atoms with Gasteiger partial charge in [0.1, 0.15) is 0 Å². The zero-order chi connectivity index (χ0) is 18.8. The monoisotopic (exact) mass is 399 g/mol. The molecule has 0 bridgehead atoms. The Morgan fingerprint density at radius 2 is 2.19 bits per heavy atom. The van der Waals surface area contributed by atoms with E-state index in [4.69, 9.17) is 11.6 Å². The van der Waals surface area contributed by atoms with Crippen molar-refractivity contribution in [1.82, 2.24) is 19.7 Å². The van der Waals surface area contributed by atoms with E-state index in [1.165, 1.54) is 11.8 Å². The van der Waals surface area contributed by atoms with E-state index in [1.54, 1.807) is 18.5 Å². The highest BCUT2D eigenvalue weighted by Gasteiger charge is 2.30. The molecule has 4 rings (SSSR count). The van der Waals surface area contributed by atoms with Gasteiger partial charge in [-0.25, -0.2) is 0 Å². The van der Waals surface area contributed by atoms with Gasteiger partial charge in [-0.05, 0) is 55.7 Å². The van der Waals surface area contributed by atoms with Crippen molar-refractivity contribution in [2.24, 2.45) is 0 Å². The fourth-order valence-electron chi connectivity index (χ4n) is 2.81. The summed E-state index contributed by atoms with van der Waals surface area (Å²) in [5.41, 5.74) is 2.63. The summed E-state index contributed by atoms with van der Waals surface area (Å²) in [6.45, 7) is 1.92. The molecule has 1 aliphatic carbocycles. The normalized spacial score (nSPS) is 13.6. The third-order valence-corrected chi connectivity index (χ3v) is 5.47. The maximum Gasteiger partial charge on any atom is 0.234 e. The standard InChI is InChI=1S/C19H18ClN5OS/c1-12-9-14(20)4-7-16(12)22-17(26)11-27-19-24-23-18(25(19)15-5-6-15)13-3-2-8-21-10-13/h2-4,7-10,15H,5-6,11H2,1H3,(H,22,26). The summed E-state index contributed by atoms with van der Waals surface area (Å²) in [4.78, 5) is 16.5. The summed E-state index contributed by atoms with van der Waals surface area (Å²) in [5, 5.41) is 13.0. The number of pyridine rings is 1. The molecule has 1 aliphatic rings. The Labute approximate surface area is 166 Å². The zero-order valence-corrected chi connectivity index (χ0v) is 16.3. The molecule has 0 unspecified atom stereocenters. The van der Waals surface area contributed by atoms with Gasteiger partial charge in [0.05, 0.1) is 5.75 Å². The van der Waals surface area contributed by atoms with Crippen molar-refractivity contribution in [3.05, 3.63) is 53.3 Å². The van der Waals surface area contributed by atoms with E-state index in [-0.39, 0.29) is 11.7 Å². The Kier molecular flexibility index (Phi) is 5.13. The predicted octanol–water partition coefficient (Wildman–Crippen LogP) is 4.37. The van der Waals surface area contributed by atoms with Crippen molar-refractivity contribution in [2.45, 2.75) is 31.0 Å². The molecule has 3 aromatic rings. The van der Waals surface area contributed by atoms with Crippen LogP contribution in [0.2, 0.25) is 5.02 Å². The molecule has 1 saturated carbocycles. The molecule has 6 nitrogen and oxygen atoms in total. The van der Waals surface area contributed by atoms with Gasteiger partial charge in [0.2, 0.25) is 5.91 Å². The number of aryl methyl sites for hydroxylation is 1. The zero-order valence-electron chi connectivity index (χ0n) is 14.7. The van der Waals surface area contributed by atoms with Crippen LogP contribution in [0.1, 0.15) is 24.4 Å². The Bertz CT molecular complexity index is 971. The largest absolute Gasteiger partial charge is 0.325 e. The predicted molar refractivity (Wildman–Crippen MR) is 107 cm³/mol. The molecule has 1 amide bonds. The fraction of sp³-hybridized carbons (Fsp3) is 0.263. The van der Waals surface area contributed by atoms with Gasteiger partial charge in [0.25, 0.3) is 0 Å². The van der Waals surface area contributed by atoms with Crippen LogP contribution in [0.4, 0.5) is 5.69 Å². The molecule has 1 N–H and O–H groups in total. The van der Waals surface area contributed by atoms with E-state index in [9.17, 15) is 4.79 Å². The highest BCUT2D eigenvalue weighted by atomic mass is 35.5. The van der Waals surface area contributed by atoms with E-state index < -0.39 is 0 Å². The van der Waals surface area contributed by atoms with Crippen molar-refractivity contribution in [1.29, 1.82) is 0 Å². The van der Waals surface area contributed by atoms with Crippen LogP contribution in [-0.4, -0.2) is 31.4 Å². The van der Waals surface area contributed by atoms with Gasteiger partial charge in [-0.2, -0.15) is 0 Å². The molecular formula is C19H18ClN5OS. The number of carbonyl (C=O) groups is 1. The Balaban J connectivity index is 1.47. The van der Waals surface area contributed by atoms with Gasteiger partial charge >= 0.3 is 0 Å².